The van der Waals surface area contributed by atoms with Crippen LogP contribution in [0, 0.1) is 5.92 Å². The number of benzene rings is 2. The molecule has 1 aliphatic rings. The standard InChI is InChI=1S/C17H22BN/c1-19-10-4-7-16(12-19)17(18)15-9-8-13-5-2-3-6-14(13)11-15/h2-3,5-6,8-9,11,16-17H,4,7,10,12,18H2,1H3/t16-,17+/m0/s1. The first-order valence-electron chi connectivity index (χ1n) is 7.41. The van der Waals surface area contributed by atoms with Crippen molar-refractivity contribution >= 4 is 18.6 Å². The van der Waals surface area contributed by atoms with Crippen molar-refractivity contribution in [2.24, 2.45) is 5.92 Å². The third kappa shape index (κ3) is 2.69. The number of likely N-dealkylation sites (tertiary alicyclic amines) is 1. The number of piperidine rings is 1. The van der Waals surface area contributed by atoms with E-state index in [0.717, 1.165) is 5.92 Å². The summed E-state index contributed by atoms with van der Waals surface area (Å²) in [7, 11) is 4.65. The predicted octanol–water partition coefficient (Wildman–Crippen LogP) is 2.86. The van der Waals surface area contributed by atoms with Gasteiger partial charge in [-0.15, -0.1) is 0 Å². The smallest absolute Gasteiger partial charge is 0.111 e. The molecule has 1 saturated heterocycles. The fourth-order valence-corrected chi connectivity index (χ4v) is 3.38. The van der Waals surface area contributed by atoms with Crippen LogP contribution in [-0.2, 0) is 0 Å². The second kappa shape index (κ2) is 5.38. The molecule has 1 heterocycles. The van der Waals surface area contributed by atoms with Gasteiger partial charge in [-0.25, -0.2) is 0 Å². The average Bonchev–Trinajstić information content (AvgIpc) is 2.46. The predicted molar refractivity (Wildman–Crippen MR) is 85.5 cm³/mol. The van der Waals surface area contributed by atoms with E-state index in [-0.39, 0.29) is 0 Å². The topological polar surface area (TPSA) is 3.24 Å². The van der Waals surface area contributed by atoms with Crippen molar-refractivity contribution in [1.82, 2.24) is 4.90 Å². The lowest BCUT2D eigenvalue weighted by Gasteiger charge is -2.34. The summed E-state index contributed by atoms with van der Waals surface area (Å²) in [5.74, 6) is 1.47. The highest BCUT2D eigenvalue weighted by molar-refractivity contribution is 6.12. The number of fused-ring (bicyclic) bond motifs is 1. The van der Waals surface area contributed by atoms with Crippen molar-refractivity contribution in [2.45, 2.75) is 18.7 Å². The summed E-state index contributed by atoms with van der Waals surface area (Å²) in [5.41, 5.74) is 1.50. The zero-order valence-electron chi connectivity index (χ0n) is 12.0. The normalized spacial score (nSPS) is 22.5. The van der Waals surface area contributed by atoms with E-state index in [1.54, 1.807) is 0 Å². The fourth-order valence-electron chi connectivity index (χ4n) is 3.38. The van der Waals surface area contributed by atoms with Gasteiger partial charge in [0.05, 0.1) is 0 Å². The van der Waals surface area contributed by atoms with Crippen LogP contribution in [0.15, 0.2) is 42.5 Å². The van der Waals surface area contributed by atoms with Crippen LogP contribution < -0.4 is 0 Å². The second-order valence-corrected chi connectivity index (χ2v) is 6.06. The lowest BCUT2D eigenvalue weighted by molar-refractivity contribution is 0.205. The summed E-state index contributed by atoms with van der Waals surface area (Å²) in [6.07, 6.45) is 2.72. The highest BCUT2D eigenvalue weighted by Crippen LogP contribution is 2.30. The zero-order valence-corrected chi connectivity index (χ0v) is 12.0. The van der Waals surface area contributed by atoms with Crippen molar-refractivity contribution < 1.29 is 0 Å². The van der Waals surface area contributed by atoms with Crippen molar-refractivity contribution in [3.8, 4) is 0 Å². The Morgan fingerprint density at radius 1 is 1.16 bits per heavy atom. The number of rotatable bonds is 2. The van der Waals surface area contributed by atoms with Crippen LogP contribution in [0.5, 0.6) is 0 Å². The van der Waals surface area contributed by atoms with Crippen LogP contribution >= 0.6 is 0 Å². The molecule has 0 radical (unpaired) electrons. The minimum Gasteiger partial charge on any atom is -0.306 e. The second-order valence-electron chi connectivity index (χ2n) is 6.06. The summed E-state index contributed by atoms with van der Waals surface area (Å²) < 4.78 is 0. The van der Waals surface area contributed by atoms with Gasteiger partial charge in [0.25, 0.3) is 0 Å². The lowest BCUT2D eigenvalue weighted by Crippen LogP contribution is -2.35. The first-order valence-corrected chi connectivity index (χ1v) is 7.41. The van der Waals surface area contributed by atoms with E-state index >= 15 is 0 Å². The quantitative estimate of drug-likeness (QED) is 0.742. The van der Waals surface area contributed by atoms with Gasteiger partial charge in [-0.1, -0.05) is 48.0 Å². The Labute approximate surface area is 117 Å². The van der Waals surface area contributed by atoms with E-state index in [1.807, 2.05) is 0 Å². The summed E-state index contributed by atoms with van der Waals surface area (Å²) in [5, 5.41) is 2.72. The summed E-state index contributed by atoms with van der Waals surface area (Å²) in [6, 6.07) is 15.6. The molecule has 0 bridgehead atoms. The largest absolute Gasteiger partial charge is 0.306 e. The Balaban J connectivity index is 1.86. The first kappa shape index (κ1) is 12.7. The van der Waals surface area contributed by atoms with E-state index in [9.17, 15) is 0 Å². The Bertz CT molecular complexity index is 566. The number of hydrogen-bond acceptors (Lipinski definition) is 1. The van der Waals surface area contributed by atoms with Gasteiger partial charge in [-0.3, -0.25) is 0 Å². The van der Waals surface area contributed by atoms with Crippen LogP contribution in [0.25, 0.3) is 10.8 Å². The lowest BCUT2D eigenvalue weighted by atomic mass is 9.69. The molecule has 1 aliphatic heterocycles. The molecule has 3 rings (SSSR count). The molecule has 1 fully saturated rings. The van der Waals surface area contributed by atoms with E-state index in [0.29, 0.717) is 5.82 Å². The summed E-state index contributed by atoms with van der Waals surface area (Å²) >= 11 is 0. The van der Waals surface area contributed by atoms with Gasteiger partial charge in [-0.2, -0.15) is 0 Å². The van der Waals surface area contributed by atoms with Gasteiger partial charge in [0.2, 0.25) is 0 Å². The monoisotopic (exact) mass is 251 g/mol. The summed E-state index contributed by atoms with van der Waals surface area (Å²) in [6.45, 7) is 2.51. The third-order valence-corrected chi connectivity index (χ3v) is 4.67. The summed E-state index contributed by atoms with van der Waals surface area (Å²) in [4.78, 5) is 2.48. The van der Waals surface area contributed by atoms with Gasteiger partial charge in [0.15, 0.2) is 0 Å². The molecule has 0 spiro atoms. The van der Waals surface area contributed by atoms with E-state index in [4.69, 9.17) is 0 Å². The molecule has 1 nitrogen and oxygen atoms in total. The van der Waals surface area contributed by atoms with E-state index < -0.39 is 0 Å². The molecule has 19 heavy (non-hydrogen) atoms. The maximum atomic E-state index is 2.48. The average molecular weight is 251 g/mol. The molecule has 0 aromatic heterocycles. The van der Waals surface area contributed by atoms with Crippen LogP contribution in [-0.4, -0.2) is 32.9 Å². The van der Waals surface area contributed by atoms with Crippen molar-refractivity contribution in [1.29, 1.82) is 0 Å². The molecule has 0 amide bonds. The minimum atomic E-state index is 0.660. The molecule has 0 N–H and O–H groups in total. The molecule has 2 aromatic rings. The minimum absolute atomic E-state index is 0.660. The number of hydrogen-bond donors (Lipinski definition) is 0. The van der Waals surface area contributed by atoms with Gasteiger partial charge in [-0.05, 0) is 48.9 Å². The molecule has 0 saturated carbocycles. The highest BCUT2D eigenvalue weighted by atomic mass is 15.1. The van der Waals surface area contributed by atoms with E-state index in [2.05, 4.69) is 62.3 Å². The van der Waals surface area contributed by atoms with Gasteiger partial charge in [0, 0.05) is 6.54 Å². The maximum absolute atomic E-state index is 2.48. The van der Waals surface area contributed by atoms with Crippen molar-refractivity contribution in [2.75, 3.05) is 20.1 Å². The Morgan fingerprint density at radius 2 is 1.95 bits per heavy atom. The molecule has 0 unspecified atom stereocenters. The van der Waals surface area contributed by atoms with Crippen molar-refractivity contribution in [3.05, 3.63) is 48.0 Å². The number of nitrogens with zero attached hydrogens (tertiary/aromatic N) is 1. The molecular weight excluding hydrogens is 229 g/mol. The zero-order chi connectivity index (χ0) is 13.2. The Morgan fingerprint density at radius 3 is 2.74 bits per heavy atom. The van der Waals surface area contributed by atoms with Gasteiger partial charge < -0.3 is 4.90 Å². The SMILES string of the molecule is B[C@H](c1ccc2ccccc2c1)[C@H]1CCCN(C)C1. The van der Waals surface area contributed by atoms with Crippen LogP contribution in [0.1, 0.15) is 24.2 Å². The van der Waals surface area contributed by atoms with Crippen LogP contribution in [0.4, 0.5) is 0 Å². The molecule has 2 aromatic carbocycles. The first-order chi connectivity index (χ1) is 9.24. The Kier molecular flexibility index (Phi) is 3.61. The molecule has 0 aliphatic carbocycles. The van der Waals surface area contributed by atoms with Crippen molar-refractivity contribution in [3.63, 3.8) is 0 Å². The molecule has 2 heteroatoms. The van der Waals surface area contributed by atoms with Gasteiger partial charge in [0.1, 0.15) is 7.85 Å². The van der Waals surface area contributed by atoms with Crippen LogP contribution in [0.2, 0.25) is 0 Å². The molecule has 98 valence electrons. The van der Waals surface area contributed by atoms with Crippen LogP contribution in [0.3, 0.4) is 0 Å². The Hall–Kier alpha value is -1.28. The third-order valence-electron chi connectivity index (χ3n) is 4.67. The highest BCUT2D eigenvalue weighted by Gasteiger charge is 2.23. The fraction of sp³-hybridized carbons (Fsp3) is 0.412. The maximum Gasteiger partial charge on any atom is 0.111 e. The molecular formula is C17H22BN. The van der Waals surface area contributed by atoms with Gasteiger partial charge >= 0.3 is 0 Å². The molecule has 2 atom stereocenters. The van der Waals surface area contributed by atoms with E-state index in [1.165, 1.54) is 42.3 Å².